The molecule has 16 heavy (non-hydrogen) atoms. The van der Waals surface area contributed by atoms with Gasteiger partial charge in [0.25, 0.3) is 0 Å². The van der Waals surface area contributed by atoms with E-state index in [4.69, 9.17) is 12.2 Å². The Morgan fingerprint density at radius 3 is 2.94 bits per heavy atom. The van der Waals surface area contributed by atoms with E-state index in [0.717, 1.165) is 12.2 Å². The standard InChI is InChI=1S/C12H20N4/c1-4-5-6-15-11(7-13)12-8-14-9-16(12)10(2)3/h1,8-11,15H,5-7,13H2,2-3H3. The summed E-state index contributed by atoms with van der Waals surface area (Å²) < 4.78 is 2.13. The summed E-state index contributed by atoms with van der Waals surface area (Å²) in [5.41, 5.74) is 6.88. The molecule has 1 aromatic heterocycles. The SMILES string of the molecule is C#CCCNC(CN)c1cncn1C(C)C. The third-order valence-electron chi connectivity index (χ3n) is 2.51. The minimum atomic E-state index is 0.123. The largest absolute Gasteiger partial charge is 0.331 e. The summed E-state index contributed by atoms with van der Waals surface area (Å²) in [6.07, 6.45) is 9.63. The smallest absolute Gasteiger partial charge is 0.0951 e. The summed E-state index contributed by atoms with van der Waals surface area (Å²) >= 11 is 0. The Labute approximate surface area is 97.2 Å². The van der Waals surface area contributed by atoms with Gasteiger partial charge in [-0.3, -0.25) is 0 Å². The fourth-order valence-electron chi connectivity index (χ4n) is 1.64. The summed E-state index contributed by atoms with van der Waals surface area (Å²) in [7, 11) is 0. The number of terminal acetylenes is 1. The minimum absolute atomic E-state index is 0.123. The quantitative estimate of drug-likeness (QED) is 0.557. The molecule has 0 bridgehead atoms. The van der Waals surface area contributed by atoms with Crippen LogP contribution in [-0.4, -0.2) is 22.6 Å². The zero-order valence-electron chi connectivity index (χ0n) is 9.98. The van der Waals surface area contributed by atoms with Crippen molar-refractivity contribution in [3.8, 4) is 12.3 Å². The second-order valence-electron chi connectivity index (χ2n) is 4.02. The Morgan fingerprint density at radius 2 is 2.38 bits per heavy atom. The Morgan fingerprint density at radius 1 is 1.62 bits per heavy atom. The number of nitrogens with one attached hydrogen (secondary N) is 1. The van der Waals surface area contributed by atoms with Crippen molar-refractivity contribution in [3.63, 3.8) is 0 Å². The zero-order chi connectivity index (χ0) is 12.0. The van der Waals surface area contributed by atoms with Gasteiger partial charge in [0.15, 0.2) is 0 Å². The van der Waals surface area contributed by atoms with Crippen LogP contribution >= 0.6 is 0 Å². The average Bonchev–Trinajstić information content (AvgIpc) is 2.73. The number of rotatable bonds is 6. The molecule has 0 saturated carbocycles. The molecule has 0 fully saturated rings. The van der Waals surface area contributed by atoms with Crippen molar-refractivity contribution in [1.82, 2.24) is 14.9 Å². The van der Waals surface area contributed by atoms with Gasteiger partial charge in [-0.15, -0.1) is 12.3 Å². The van der Waals surface area contributed by atoms with Crippen molar-refractivity contribution in [2.45, 2.75) is 32.4 Å². The Kier molecular flexibility index (Phi) is 5.03. The van der Waals surface area contributed by atoms with Crippen LogP contribution in [-0.2, 0) is 0 Å². The molecule has 0 aliphatic rings. The summed E-state index contributed by atoms with van der Waals surface area (Å²) in [4.78, 5) is 4.17. The van der Waals surface area contributed by atoms with E-state index < -0.39 is 0 Å². The summed E-state index contributed by atoms with van der Waals surface area (Å²) in [5, 5.41) is 3.34. The van der Waals surface area contributed by atoms with Crippen LogP contribution in [0.5, 0.6) is 0 Å². The van der Waals surface area contributed by atoms with E-state index in [-0.39, 0.29) is 6.04 Å². The molecule has 3 N–H and O–H groups in total. The van der Waals surface area contributed by atoms with Gasteiger partial charge < -0.3 is 15.6 Å². The third kappa shape index (κ3) is 3.09. The maximum Gasteiger partial charge on any atom is 0.0951 e. The molecule has 88 valence electrons. The van der Waals surface area contributed by atoms with Gasteiger partial charge in [-0.2, -0.15) is 0 Å². The molecule has 0 aromatic carbocycles. The van der Waals surface area contributed by atoms with E-state index in [9.17, 15) is 0 Å². The molecule has 1 heterocycles. The Hall–Kier alpha value is -1.31. The van der Waals surface area contributed by atoms with E-state index in [0.29, 0.717) is 19.0 Å². The molecule has 0 amide bonds. The summed E-state index contributed by atoms with van der Waals surface area (Å²) in [5.74, 6) is 2.60. The average molecular weight is 220 g/mol. The molecule has 4 nitrogen and oxygen atoms in total. The normalized spacial score (nSPS) is 12.7. The van der Waals surface area contributed by atoms with Crippen molar-refractivity contribution in [3.05, 3.63) is 18.2 Å². The molecule has 1 unspecified atom stereocenters. The number of imidazole rings is 1. The van der Waals surface area contributed by atoms with Crippen LogP contribution in [0.3, 0.4) is 0 Å². The van der Waals surface area contributed by atoms with E-state index in [1.54, 1.807) is 0 Å². The second kappa shape index (κ2) is 6.31. The molecule has 0 aliphatic carbocycles. The van der Waals surface area contributed by atoms with Gasteiger partial charge in [-0.1, -0.05) is 0 Å². The van der Waals surface area contributed by atoms with Crippen LogP contribution in [0.4, 0.5) is 0 Å². The molecule has 1 atom stereocenters. The predicted octanol–water partition coefficient (Wildman–Crippen LogP) is 1.08. The van der Waals surface area contributed by atoms with E-state index in [2.05, 4.69) is 34.6 Å². The highest BCUT2D eigenvalue weighted by Crippen LogP contribution is 2.16. The van der Waals surface area contributed by atoms with Crippen LogP contribution in [0, 0.1) is 12.3 Å². The van der Waals surface area contributed by atoms with E-state index in [1.807, 2.05) is 12.5 Å². The maximum absolute atomic E-state index is 5.76. The molecule has 1 rings (SSSR count). The number of hydrogen-bond acceptors (Lipinski definition) is 3. The topological polar surface area (TPSA) is 55.9 Å². The lowest BCUT2D eigenvalue weighted by Crippen LogP contribution is -2.31. The van der Waals surface area contributed by atoms with Gasteiger partial charge in [0.05, 0.1) is 18.1 Å². The van der Waals surface area contributed by atoms with Gasteiger partial charge >= 0.3 is 0 Å². The van der Waals surface area contributed by atoms with Crippen molar-refractivity contribution in [1.29, 1.82) is 0 Å². The maximum atomic E-state index is 5.76. The van der Waals surface area contributed by atoms with Crippen LogP contribution in [0.25, 0.3) is 0 Å². The first kappa shape index (κ1) is 12.8. The Bertz CT molecular complexity index is 348. The van der Waals surface area contributed by atoms with Crippen molar-refractivity contribution in [2.75, 3.05) is 13.1 Å². The lowest BCUT2D eigenvalue weighted by atomic mass is 10.2. The van der Waals surface area contributed by atoms with E-state index in [1.165, 1.54) is 0 Å². The highest BCUT2D eigenvalue weighted by atomic mass is 15.1. The highest BCUT2D eigenvalue weighted by molar-refractivity contribution is 5.07. The van der Waals surface area contributed by atoms with Gasteiger partial charge in [0, 0.05) is 31.7 Å². The van der Waals surface area contributed by atoms with Crippen molar-refractivity contribution < 1.29 is 0 Å². The van der Waals surface area contributed by atoms with Crippen molar-refractivity contribution >= 4 is 0 Å². The second-order valence-corrected chi connectivity index (χ2v) is 4.02. The van der Waals surface area contributed by atoms with Gasteiger partial charge in [0.2, 0.25) is 0 Å². The van der Waals surface area contributed by atoms with Gasteiger partial charge in [0.1, 0.15) is 0 Å². The van der Waals surface area contributed by atoms with Crippen LogP contribution < -0.4 is 11.1 Å². The third-order valence-corrected chi connectivity index (χ3v) is 2.51. The minimum Gasteiger partial charge on any atom is -0.331 e. The zero-order valence-corrected chi connectivity index (χ0v) is 9.98. The molecule has 0 aliphatic heterocycles. The molecule has 4 heteroatoms. The first-order valence-electron chi connectivity index (χ1n) is 5.59. The molecule has 0 radical (unpaired) electrons. The van der Waals surface area contributed by atoms with Crippen LogP contribution in [0.15, 0.2) is 12.5 Å². The fraction of sp³-hybridized carbons (Fsp3) is 0.583. The summed E-state index contributed by atoms with van der Waals surface area (Å²) in [6.45, 7) is 5.57. The number of nitrogens with zero attached hydrogens (tertiary/aromatic N) is 2. The highest BCUT2D eigenvalue weighted by Gasteiger charge is 2.14. The first-order chi connectivity index (χ1) is 7.70. The van der Waals surface area contributed by atoms with Crippen molar-refractivity contribution in [2.24, 2.45) is 5.73 Å². The van der Waals surface area contributed by atoms with Gasteiger partial charge in [-0.25, -0.2) is 4.98 Å². The molecule has 0 saturated heterocycles. The molecular weight excluding hydrogens is 200 g/mol. The monoisotopic (exact) mass is 220 g/mol. The molecular formula is C12H20N4. The lowest BCUT2D eigenvalue weighted by molar-refractivity contribution is 0.483. The summed E-state index contributed by atoms with van der Waals surface area (Å²) in [6, 6.07) is 0.513. The number of hydrogen-bond donors (Lipinski definition) is 2. The van der Waals surface area contributed by atoms with Gasteiger partial charge in [-0.05, 0) is 13.8 Å². The van der Waals surface area contributed by atoms with Crippen LogP contribution in [0.2, 0.25) is 0 Å². The van der Waals surface area contributed by atoms with E-state index >= 15 is 0 Å². The van der Waals surface area contributed by atoms with Crippen LogP contribution in [0.1, 0.15) is 38.0 Å². The fourth-order valence-corrected chi connectivity index (χ4v) is 1.64. The predicted molar refractivity (Wildman–Crippen MR) is 65.9 cm³/mol. The lowest BCUT2D eigenvalue weighted by Gasteiger charge is -2.20. The molecule has 1 aromatic rings. The number of aromatic nitrogens is 2. The Balaban J connectivity index is 2.71. The first-order valence-corrected chi connectivity index (χ1v) is 5.59. The molecule has 0 spiro atoms. The number of nitrogens with two attached hydrogens (primary N) is 1.